The third kappa shape index (κ3) is 3.84. The molecule has 9 aromatic rings. The summed E-state index contributed by atoms with van der Waals surface area (Å²) in [6, 6.07) is 57.8. The quantitative estimate of drug-likeness (QED) is 0.182. The fourth-order valence-electron chi connectivity index (χ4n) is 7.24. The zero-order valence-electron chi connectivity index (χ0n) is 24.9. The molecule has 0 saturated carbocycles. The SMILES string of the molecule is [C-]#[N+]c1ccccc1-c1cccc(-n2c3ccccc3c3ccccc32)c1-c1cccc(-n2c3ccccc3c3ccccc32)c1. The number of hydrogen-bond acceptors (Lipinski definition) is 0. The molecule has 7 aromatic carbocycles. The normalized spacial score (nSPS) is 11.5. The van der Waals surface area contributed by atoms with Crippen molar-refractivity contribution >= 4 is 49.3 Å². The van der Waals surface area contributed by atoms with Crippen LogP contribution < -0.4 is 0 Å². The average Bonchev–Trinajstić information content (AvgIpc) is 3.64. The van der Waals surface area contributed by atoms with Crippen LogP contribution in [0, 0.1) is 6.57 Å². The van der Waals surface area contributed by atoms with Gasteiger partial charge >= 0.3 is 0 Å². The van der Waals surface area contributed by atoms with E-state index in [9.17, 15) is 0 Å². The van der Waals surface area contributed by atoms with Gasteiger partial charge in [-0.05, 0) is 59.2 Å². The van der Waals surface area contributed by atoms with Gasteiger partial charge in [0.05, 0.1) is 34.3 Å². The summed E-state index contributed by atoms with van der Waals surface area (Å²) in [6.45, 7) is 8.02. The summed E-state index contributed by atoms with van der Waals surface area (Å²) in [4.78, 5) is 3.94. The summed E-state index contributed by atoms with van der Waals surface area (Å²) in [5, 5.41) is 4.91. The Bertz CT molecular complexity index is 2560. The fraction of sp³-hybridized carbons (Fsp3) is 0. The predicted octanol–water partition coefficient (Wildman–Crippen LogP) is 11.8. The highest BCUT2D eigenvalue weighted by Gasteiger charge is 2.21. The van der Waals surface area contributed by atoms with Crippen LogP contribution in [0.5, 0.6) is 0 Å². The number of rotatable bonds is 4. The molecule has 0 atom stereocenters. The Hall–Kier alpha value is -6.37. The van der Waals surface area contributed by atoms with E-state index in [-0.39, 0.29) is 0 Å². The lowest BCUT2D eigenvalue weighted by atomic mass is 9.91. The van der Waals surface area contributed by atoms with Gasteiger partial charge in [-0.2, -0.15) is 0 Å². The average molecular weight is 586 g/mol. The van der Waals surface area contributed by atoms with Crippen LogP contribution in [0.1, 0.15) is 0 Å². The summed E-state index contributed by atoms with van der Waals surface area (Å²) in [7, 11) is 0. The molecule has 0 spiro atoms. The van der Waals surface area contributed by atoms with Crippen LogP contribution >= 0.6 is 0 Å². The van der Waals surface area contributed by atoms with E-state index in [0.29, 0.717) is 5.69 Å². The molecule has 2 heterocycles. The Morgan fingerprint density at radius 3 is 1.48 bits per heavy atom. The minimum Gasteiger partial charge on any atom is -0.309 e. The molecule has 0 N–H and O–H groups in total. The summed E-state index contributed by atoms with van der Waals surface area (Å²) in [5.74, 6) is 0. The van der Waals surface area contributed by atoms with Gasteiger partial charge in [0, 0.05) is 32.8 Å². The molecule has 0 unspecified atom stereocenters. The minimum atomic E-state index is 0.640. The van der Waals surface area contributed by atoms with Gasteiger partial charge in [-0.25, -0.2) is 4.85 Å². The highest BCUT2D eigenvalue weighted by Crippen LogP contribution is 2.44. The largest absolute Gasteiger partial charge is 0.309 e. The van der Waals surface area contributed by atoms with Crippen molar-refractivity contribution in [2.24, 2.45) is 0 Å². The molecule has 0 aliphatic rings. The van der Waals surface area contributed by atoms with E-state index < -0.39 is 0 Å². The van der Waals surface area contributed by atoms with E-state index in [4.69, 9.17) is 6.57 Å². The number of hydrogen-bond donors (Lipinski definition) is 0. The molecule has 2 aromatic heterocycles. The second-order valence-electron chi connectivity index (χ2n) is 11.6. The molecule has 46 heavy (non-hydrogen) atoms. The van der Waals surface area contributed by atoms with Crippen molar-refractivity contribution < 1.29 is 0 Å². The van der Waals surface area contributed by atoms with Crippen LogP contribution in [-0.4, -0.2) is 9.13 Å². The minimum absolute atomic E-state index is 0.640. The van der Waals surface area contributed by atoms with Gasteiger partial charge in [0.2, 0.25) is 0 Å². The van der Waals surface area contributed by atoms with Crippen molar-refractivity contribution in [3.8, 4) is 33.6 Å². The summed E-state index contributed by atoms with van der Waals surface area (Å²) < 4.78 is 4.75. The number of para-hydroxylation sites is 5. The first kappa shape index (κ1) is 26.1. The van der Waals surface area contributed by atoms with E-state index in [0.717, 1.165) is 44.7 Å². The molecule has 3 heteroatoms. The van der Waals surface area contributed by atoms with Gasteiger partial charge in [-0.3, -0.25) is 0 Å². The Kier molecular flexibility index (Phi) is 5.88. The molecule has 0 aliphatic heterocycles. The van der Waals surface area contributed by atoms with Gasteiger partial charge < -0.3 is 9.13 Å². The van der Waals surface area contributed by atoms with Crippen molar-refractivity contribution in [1.82, 2.24) is 9.13 Å². The topological polar surface area (TPSA) is 14.2 Å². The van der Waals surface area contributed by atoms with Crippen molar-refractivity contribution in [3.63, 3.8) is 0 Å². The molecule has 3 nitrogen and oxygen atoms in total. The first-order valence-electron chi connectivity index (χ1n) is 15.5. The Morgan fingerprint density at radius 2 is 0.891 bits per heavy atom. The standard InChI is InChI=1S/C43H27N3/c1-44-37-22-7-2-16-31(37)36-21-13-27-42(46-40-25-10-5-19-34(40)35-20-6-11-26-41(35)46)43(36)29-14-12-15-30(28-29)45-38-23-8-3-17-32(38)33-18-4-9-24-39(33)45/h2-28H. The number of nitrogens with zero attached hydrogens (tertiary/aromatic N) is 3. The van der Waals surface area contributed by atoms with E-state index in [1.807, 2.05) is 18.2 Å². The van der Waals surface area contributed by atoms with E-state index in [1.54, 1.807) is 0 Å². The monoisotopic (exact) mass is 585 g/mol. The van der Waals surface area contributed by atoms with Gasteiger partial charge in [0.25, 0.3) is 0 Å². The Labute approximate surface area is 266 Å². The molecule has 0 bridgehead atoms. The molecule has 214 valence electrons. The lowest BCUT2D eigenvalue weighted by Gasteiger charge is -2.20. The van der Waals surface area contributed by atoms with Crippen molar-refractivity contribution in [2.45, 2.75) is 0 Å². The van der Waals surface area contributed by atoms with Crippen molar-refractivity contribution in [2.75, 3.05) is 0 Å². The second-order valence-corrected chi connectivity index (χ2v) is 11.6. The Balaban J connectivity index is 1.39. The number of benzene rings is 7. The van der Waals surface area contributed by atoms with E-state index >= 15 is 0 Å². The molecule has 0 radical (unpaired) electrons. The molecular formula is C43H27N3. The molecular weight excluding hydrogens is 558 g/mol. The van der Waals surface area contributed by atoms with Crippen LogP contribution in [0.2, 0.25) is 0 Å². The maximum Gasteiger partial charge on any atom is 0.194 e. The fourth-order valence-corrected chi connectivity index (χ4v) is 7.24. The maximum atomic E-state index is 8.02. The van der Waals surface area contributed by atoms with E-state index in [2.05, 4.69) is 160 Å². The Morgan fingerprint density at radius 1 is 0.413 bits per heavy atom. The highest BCUT2D eigenvalue weighted by molar-refractivity contribution is 6.11. The van der Waals surface area contributed by atoms with Crippen molar-refractivity contribution in [3.05, 3.63) is 175 Å². The smallest absolute Gasteiger partial charge is 0.194 e. The zero-order valence-corrected chi connectivity index (χ0v) is 24.9. The first-order valence-corrected chi connectivity index (χ1v) is 15.5. The zero-order chi connectivity index (χ0) is 30.6. The number of fused-ring (bicyclic) bond motifs is 6. The third-order valence-electron chi connectivity index (χ3n) is 9.15. The maximum absolute atomic E-state index is 8.02. The van der Waals surface area contributed by atoms with Crippen LogP contribution in [-0.2, 0) is 0 Å². The summed E-state index contributed by atoms with van der Waals surface area (Å²) in [5.41, 5.74) is 11.6. The molecule has 0 fully saturated rings. The van der Waals surface area contributed by atoms with Crippen LogP contribution in [0.4, 0.5) is 5.69 Å². The third-order valence-corrected chi connectivity index (χ3v) is 9.15. The summed E-state index contributed by atoms with van der Waals surface area (Å²) >= 11 is 0. The van der Waals surface area contributed by atoms with Crippen LogP contribution in [0.3, 0.4) is 0 Å². The van der Waals surface area contributed by atoms with Crippen LogP contribution in [0.15, 0.2) is 164 Å². The van der Waals surface area contributed by atoms with Gasteiger partial charge in [-0.1, -0.05) is 121 Å². The van der Waals surface area contributed by atoms with Gasteiger partial charge in [0.15, 0.2) is 5.69 Å². The first-order chi connectivity index (χ1) is 22.8. The molecule has 0 amide bonds. The van der Waals surface area contributed by atoms with Gasteiger partial charge in [-0.15, -0.1) is 0 Å². The predicted molar refractivity (Wildman–Crippen MR) is 192 cm³/mol. The molecule has 9 rings (SSSR count). The van der Waals surface area contributed by atoms with Crippen LogP contribution in [0.25, 0.3) is 82.1 Å². The van der Waals surface area contributed by atoms with Crippen molar-refractivity contribution in [1.29, 1.82) is 0 Å². The molecule has 0 saturated heterocycles. The lowest BCUT2D eigenvalue weighted by molar-refractivity contribution is 1.17. The highest BCUT2D eigenvalue weighted by atomic mass is 15.0. The molecule has 0 aliphatic carbocycles. The number of aromatic nitrogens is 2. The lowest BCUT2D eigenvalue weighted by Crippen LogP contribution is -2.00. The summed E-state index contributed by atoms with van der Waals surface area (Å²) in [6.07, 6.45) is 0. The second kappa shape index (κ2) is 10.4. The van der Waals surface area contributed by atoms with E-state index in [1.165, 1.54) is 32.6 Å². The van der Waals surface area contributed by atoms with Gasteiger partial charge in [0.1, 0.15) is 0 Å².